The summed E-state index contributed by atoms with van der Waals surface area (Å²) < 4.78 is 0. The SMILES string of the molecule is Cc1ccc(CN2CCC(c3nc(C)ccc3C(=O)N3CCCC3)CC2)cc1. The third kappa shape index (κ3) is 4.27. The molecule has 0 radical (unpaired) electrons. The molecule has 3 heterocycles. The first-order valence-corrected chi connectivity index (χ1v) is 10.6. The Morgan fingerprint density at radius 1 is 0.964 bits per heavy atom. The number of amides is 1. The Kier molecular flexibility index (Phi) is 5.77. The molecule has 2 saturated heterocycles. The molecule has 1 aromatic carbocycles. The lowest BCUT2D eigenvalue weighted by Crippen LogP contribution is -2.34. The van der Waals surface area contributed by atoms with E-state index in [2.05, 4.69) is 36.1 Å². The number of rotatable bonds is 4. The van der Waals surface area contributed by atoms with Gasteiger partial charge in [0.15, 0.2) is 0 Å². The maximum atomic E-state index is 13.0. The van der Waals surface area contributed by atoms with Crippen molar-refractivity contribution in [2.75, 3.05) is 26.2 Å². The number of hydrogen-bond acceptors (Lipinski definition) is 3. The van der Waals surface area contributed by atoms with Crippen LogP contribution in [0.1, 0.15) is 64.5 Å². The van der Waals surface area contributed by atoms with Crippen molar-refractivity contribution in [2.45, 2.75) is 52.0 Å². The number of pyridine rings is 1. The first-order chi connectivity index (χ1) is 13.6. The Morgan fingerprint density at radius 2 is 1.64 bits per heavy atom. The summed E-state index contributed by atoms with van der Waals surface area (Å²) in [6.45, 7) is 9.07. The first-order valence-electron chi connectivity index (χ1n) is 10.6. The van der Waals surface area contributed by atoms with Gasteiger partial charge in [0, 0.05) is 31.2 Å². The van der Waals surface area contributed by atoms with Crippen molar-refractivity contribution in [1.29, 1.82) is 0 Å². The van der Waals surface area contributed by atoms with E-state index in [1.165, 1.54) is 11.1 Å². The molecule has 148 valence electrons. The van der Waals surface area contributed by atoms with Crippen molar-refractivity contribution in [2.24, 2.45) is 0 Å². The van der Waals surface area contributed by atoms with Crippen molar-refractivity contribution in [3.05, 3.63) is 64.5 Å². The minimum atomic E-state index is 0.182. The lowest BCUT2D eigenvalue weighted by atomic mass is 9.89. The zero-order valence-corrected chi connectivity index (χ0v) is 17.2. The fourth-order valence-corrected chi connectivity index (χ4v) is 4.48. The van der Waals surface area contributed by atoms with Crippen LogP contribution in [0.5, 0.6) is 0 Å². The molecular weight excluding hydrogens is 346 g/mol. The van der Waals surface area contributed by atoms with Crippen molar-refractivity contribution >= 4 is 5.91 Å². The topological polar surface area (TPSA) is 36.4 Å². The van der Waals surface area contributed by atoms with Crippen LogP contribution in [-0.2, 0) is 6.54 Å². The van der Waals surface area contributed by atoms with Gasteiger partial charge in [-0.3, -0.25) is 14.7 Å². The highest BCUT2D eigenvalue weighted by molar-refractivity contribution is 5.95. The normalized spacial score (nSPS) is 18.6. The zero-order valence-electron chi connectivity index (χ0n) is 17.2. The molecule has 2 aliphatic rings. The van der Waals surface area contributed by atoms with Crippen LogP contribution in [0.25, 0.3) is 0 Å². The summed E-state index contributed by atoms with van der Waals surface area (Å²) in [5.41, 5.74) is 5.57. The van der Waals surface area contributed by atoms with Gasteiger partial charge < -0.3 is 4.90 Å². The summed E-state index contributed by atoms with van der Waals surface area (Å²) in [4.78, 5) is 22.4. The standard InChI is InChI=1S/C24H31N3O/c1-18-5-8-20(9-6-18)17-26-15-11-21(12-16-26)23-22(10-7-19(2)25-23)24(28)27-13-3-4-14-27/h5-10,21H,3-4,11-17H2,1-2H3. The molecule has 0 aliphatic carbocycles. The lowest BCUT2D eigenvalue weighted by Gasteiger charge is -2.32. The summed E-state index contributed by atoms with van der Waals surface area (Å²) >= 11 is 0. The Labute approximate surface area is 168 Å². The molecule has 2 fully saturated rings. The van der Waals surface area contributed by atoms with Crippen LogP contribution in [-0.4, -0.2) is 46.9 Å². The molecule has 1 aromatic heterocycles. The molecule has 0 spiro atoms. The van der Waals surface area contributed by atoms with Gasteiger partial charge in [0.25, 0.3) is 5.91 Å². The van der Waals surface area contributed by atoms with E-state index >= 15 is 0 Å². The van der Waals surface area contributed by atoms with Crippen molar-refractivity contribution in [1.82, 2.24) is 14.8 Å². The maximum absolute atomic E-state index is 13.0. The Hall–Kier alpha value is -2.20. The third-order valence-electron chi connectivity index (χ3n) is 6.19. The molecule has 28 heavy (non-hydrogen) atoms. The minimum absolute atomic E-state index is 0.182. The van der Waals surface area contributed by atoms with Crippen LogP contribution < -0.4 is 0 Å². The highest BCUT2D eigenvalue weighted by atomic mass is 16.2. The molecule has 4 nitrogen and oxygen atoms in total. The predicted octanol–water partition coefficient (Wildman–Crippen LogP) is 4.31. The Bertz CT molecular complexity index is 816. The van der Waals surface area contributed by atoms with E-state index in [0.717, 1.165) is 75.4 Å². The summed E-state index contributed by atoms with van der Waals surface area (Å²) in [7, 11) is 0. The van der Waals surface area contributed by atoms with Gasteiger partial charge >= 0.3 is 0 Å². The molecule has 2 aromatic rings. The summed E-state index contributed by atoms with van der Waals surface area (Å²) in [5.74, 6) is 0.567. The fourth-order valence-electron chi connectivity index (χ4n) is 4.48. The summed E-state index contributed by atoms with van der Waals surface area (Å²) in [6.07, 6.45) is 4.39. The second-order valence-electron chi connectivity index (χ2n) is 8.42. The number of benzene rings is 1. The number of likely N-dealkylation sites (tertiary alicyclic amines) is 2. The van der Waals surface area contributed by atoms with Crippen LogP contribution in [0, 0.1) is 13.8 Å². The summed E-state index contributed by atoms with van der Waals surface area (Å²) in [5, 5.41) is 0. The smallest absolute Gasteiger partial charge is 0.255 e. The van der Waals surface area contributed by atoms with E-state index in [9.17, 15) is 4.79 Å². The molecule has 0 N–H and O–H groups in total. The van der Waals surface area contributed by atoms with Gasteiger partial charge in [0.1, 0.15) is 0 Å². The van der Waals surface area contributed by atoms with Crippen LogP contribution in [0.2, 0.25) is 0 Å². The molecule has 0 bridgehead atoms. The van der Waals surface area contributed by atoms with Crippen molar-refractivity contribution in [3.8, 4) is 0 Å². The van der Waals surface area contributed by atoms with E-state index in [1.54, 1.807) is 0 Å². The Morgan fingerprint density at radius 3 is 2.32 bits per heavy atom. The molecule has 0 saturated carbocycles. The van der Waals surface area contributed by atoms with Gasteiger partial charge in [0.2, 0.25) is 0 Å². The number of aryl methyl sites for hydroxylation is 2. The number of hydrogen-bond donors (Lipinski definition) is 0. The van der Waals surface area contributed by atoms with Crippen LogP contribution in [0.15, 0.2) is 36.4 Å². The molecule has 0 atom stereocenters. The third-order valence-corrected chi connectivity index (χ3v) is 6.19. The quantitative estimate of drug-likeness (QED) is 0.796. The van der Waals surface area contributed by atoms with Gasteiger partial charge in [-0.05, 0) is 70.3 Å². The molecule has 2 aliphatic heterocycles. The van der Waals surface area contributed by atoms with Crippen LogP contribution >= 0.6 is 0 Å². The monoisotopic (exact) mass is 377 g/mol. The molecule has 4 rings (SSSR count). The first kappa shape index (κ1) is 19.1. The maximum Gasteiger partial charge on any atom is 0.255 e. The number of carbonyl (C=O) groups excluding carboxylic acids is 1. The molecule has 0 unspecified atom stereocenters. The highest BCUT2D eigenvalue weighted by Crippen LogP contribution is 2.31. The van der Waals surface area contributed by atoms with Crippen LogP contribution in [0.4, 0.5) is 0 Å². The van der Waals surface area contributed by atoms with E-state index < -0.39 is 0 Å². The largest absolute Gasteiger partial charge is 0.339 e. The second-order valence-corrected chi connectivity index (χ2v) is 8.42. The summed E-state index contributed by atoms with van der Waals surface area (Å²) in [6, 6.07) is 12.8. The van der Waals surface area contributed by atoms with Crippen molar-refractivity contribution < 1.29 is 4.79 Å². The molecule has 4 heteroatoms. The van der Waals surface area contributed by atoms with E-state index in [1.807, 2.05) is 24.0 Å². The van der Waals surface area contributed by atoms with Gasteiger partial charge in [-0.25, -0.2) is 0 Å². The number of carbonyl (C=O) groups is 1. The van der Waals surface area contributed by atoms with Gasteiger partial charge in [-0.1, -0.05) is 29.8 Å². The zero-order chi connectivity index (χ0) is 19.5. The van der Waals surface area contributed by atoms with E-state index in [-0.39, 0.29) is 5.91 Å². The molecule has 1 amide bonds. The van der Waals surface area contributed by atoms with E-state index in [4.69, 9.17) is 4.98 Å². The van der Waals surface area contributed by atoms with Gasteiger partial charge in [0.05, 0.1) is 11.3 Å². The molecular formula is C24H31N3O. The average molecular weight is 378 g/mol. The second kappa shape index (κ2) is 8.44. The Balaban J connectivity index is 1.44. The van der Waals surface area contributed by atoms with Gasteiger partial charge in [-0.2, -0.15) is 0 Å². The van der Waals surface area contributed by atoms with E-state index in [0.29, 0.717) is 5.92 Å². The fraction of sp³-hybridized carbons (Fsp3) is 0.500. The number of piperidine rings is 1. The van der Waals surface area contributed by atoms with Crippen molar-refractivity contribution in [3.63, 3.8) is 0 Å². The number of nitrogens with zero attached hydrogens (tertiary/aromatic N) is 3. The average Bonchev–Trinajstić information content (AvgIpc) is 3.25. The van der Waals surface area contributed by atoms with Gasteiger partial charge in [-0.15, -0.1) is 0 Å². The highest BCUT2D eigenvalue weighted by Gasteiger charge is 2.28. The van der Waals surface area contributed by atoms with Crippen LogP contribution in [0.3, 0.4) is 0 Å². The predicted molar refractivity (Wildman–Crippen MR) is 113 cm³/mol. The lowest BCUT2D eigenvalue weighted by molar-refractivity contribution is 0.0789. The number of aromatic nitrogens is 1. The minimum Gasteiger partial charge on any atom is -0.339 e.